The van der Waals surface area contributed by atoms with Crippen molar-refractivity contribution in [1.29, 1.82) is 0 Å². The van der Waals surface area contributed by atoms with Crippen molar-refractivity contribution in [1.82, 2.24) is 9.88 Å². The predicted octanol–water partition coefficient (Wildman–Crippen LogP) is 5.42. The molecule has 3 heterocycles. The van der Waals surface area contributed by atoms with Crippen molar-refractivity contribution in [3.63, 3.8) is 0 Å². The maximum atomic E-state index is 5.74. The van der Waals surface area contributed by atoms with Crippen molar-refractivity contribution < 1.29 is 4.42 Å². The number of hydrogen-bond acceptors (Lipinski definition) is 3. The lowest BCUT2D eigenvalue weighted by Gasteiger charge is -2.30. The van der Waals surface area contributed by atoms with E-state index in [0.29, 0.717) is 0 Å². The minimum absolute atomic E-state index is 0.870. The van der Waals surface area contributed by atoms with Gasteiger partial charge in [-0.1, -0.05) is 37.3 Å². The standard InChI is InChI=1S/C23H22N2O/c1-2-12-25-13-11-18-19(15-25)23(21-8-5-14-26-21)24-20-10-9-16-6-3-4-7-17(16)22(18)20/h3-10,14H,2,11-13,15H2,1H3. The van der Waals surface area contributed by atoms with Gasteiger partial charge in [0.2, 0.25) is 0 Å². The number of fused-ring (bicyclic) bond motifs is 5. The molecule has 2 aromatic carbocycles. The zero-order valence-corrected chi connectivity index (χ0v) is 15.0. The van der Waals surface area contributed by atoms with Gasteiger partial charge in [0.05, 0.1) is 11.8 Å². The van der Waals surface area contributed by atoms with Crippen LogP contribution in [0.15, 0.2) is 59.2 Å². The minimum atomic E-state index is 0.870. The van der Waals surface area contributed by atoms with Crippen LogP contribution < -0.4 is 0 Å². The molecule has 0 unspecified atom stereocenters. The van der Waals surface area contributed by atoms with Crippen LogP contribution >= 0.6 is 0 Å². The van der Waals surface area contributed by atoms with Gasteiger partial charge >= 0.3 is 0 Å². The smallest absolute Gasteiger partial charge is 0.152 e. The van der Waals surface area contributed by atoms with E-state index in [2.05, 4.69) is 48.2 Å². The molecule has 0 aliphatic carbocycles. The Morgan fingerprint density at radius 3 is 2.81 bits per heavy atom. The van der Waals surface area contributed by atoms with Crippen molar-refractivity contribution in [3.05, 3.63) is 65.9 Å². The van der Waals surface area contributed by atoms with Crippen LogP contribution in [0.2, 0.25) is 0 Å². The average molecular weight is 342 g/mol. The molecule has 0 fully saturated rings. The fraction of sp³-hybridized carbons (Fsp3) is 0.261. The van der Waals surface area contributed by atoms with E-state index in [1.807, 2.05) is 12.1 Å². The second-order valence-corrected chi connectivity index (χ2v) is 7.10. The number of nitrogens with zero attached hydrogens (tertiary/aromatic N) is 2. The summed E-state index contributed by atoms with van der Waals surface area (Å²) in [5.74, 6) is 0.870. The number of rotatable bonds is 3. The summed E-state index contributed by atoms with van der Waals surface area (Å²) >= 11 is 0. The van der Waals surface area contributed by atoms with Crippen molar-refractivity contribution in [2.24, 2.45) is 0 Å². The fourth-order valence-electron chi connectivity index (χ4n) is 4.30. The summed E-state index contributed by atoms with van der Waals surface area (Å²) < 4.78 is 5.74. The number of furan rings is 1. The SMILES string of the molecule is CCCN1CCc2c(c(-c3ccco3)nc3ccc4ccccc4c23)C1. The van der Waals surface area contributed by atoms with Crippen LogP contribution in [0.3, 0.4) is 0 Å². The van der Waals surface area contributed by atoms with Crippen molar-refractivity contribution in [2.75, 3.05) is 13.1 Å². The molecule has 0 saturated carbocycles. The Labute approximate surface area is 153 Å². The third kappa shape index (κ3) is 2.43. The summed E-state index contributed by atoms with van der Waals surface area (Å²) in [5.41, 5.74) is 4.86. The largest absolute Gasteiger partial charge is 0.463 e. The van der Waals surface area contributed by atoms with Crippen LogP contribution in [0.1, 0.15) is 24.5 Å². The summed E-state index contributed by atoms with van der Waals surface area (Å²) in [5, 5.41) is 3.92. The molecule has 130 valence electrons. The van der Waals surface area contributed by atoms with Gasteiger partial charge in [0.1, 0.15) is 5.69 Å². The Hall–Kier alpha value is -2.65. The molecule has 0 amide bonds. The lowest BCUT2D eigenvalue weighted by atomic mass is 9.90. The third-order valence-corrected chi connectivity index (χ3v) is 5.45. The van der Waals surface area contributed by atoms with Crippen LogP contribution in [0, 0.1) is 0 Å². The lowest BCUT2D eigenvalue weighted by Crippen LogP contribution is -2.32. The van der Waals surface area contributed by atoms with E-state index in [4.69, 9.17) is 9.40 Å². The van der Waals surface area contributed by atoms with Crippen molar-refractivity contribution >= 4 is 21.7 Å². The van der Waals surface area contributed by atoms with Gasteiger partial charge in [-0.15, -0.1) is 0 Å². The molecular formula is C23H22N2O. The summed E-state index contributed by atoms with van der Waals surface area (Å²) in [7, 11) is 0. The van der Waals surface area contributed by atoms with Gasteiger partial charge in [0, 0.05) is 18.5 Å². The van der Waals surface area contributed by atoms with E-state index in [1.165, 1.54) is 33.7 Å². The normalized spacial score (nSPS) is 14.8. The minimum Gasteiger partial charge on any atom is -0.463 e. The topological polar surface area (TPSA) is 29.3 Å². The molecule has 0 spiro atoms. The van der Waals surface area contributed by atoms with Crippen LogP contribution in [-0.2, 0) is 13.0 Å². The maximum absolute atomic E-state index is 5.74. The molecule has 0 bridgehead atoms. The predicted molar refractivity (Wildman–Crippen MR) is 106 cm³/mol. The fourth-order valence-corrected chi connectivity index (χ4v) is 4.30. The first-order valence-electron chi connectivity index (χ1n) is 9.44. The highest BCUT2D eigenvalue weighted by molar-refractivity contribution is 6.09. The van der Waals surface area contributed by atoms with Gasteiger partial charge in [-0.2, -0.15) is 0 Å². The molecule has 3 nitrogen and oxygen atoms in total. The highest BCUT2D eigenvalue weighted by Crippen LogP contribution is 2.37. The van der Waals surface area contributed by atoms with Gasteiger partial charge in [0.15, 0.2) is 5.76 Å². The molecule has 0 N–H and O–H groups in total. The van der Waals surface area contributed by atoms with Crippen LogP contribution in [0.25, 0.3) is 33.1 Å². The van der Waals surface area contributed by atoms with Gasteiger partial charge in [-0.3, -0.25) is 4.90 Å². The molecule has 2 aromatic heterocycles. The van der Waals surface area contributed by atoms with Crippen LogP contribution in [0.5, 0.6) is 0 Å². The Morgan fingerprint density at radius 2 is 1.96 bits per heavy atom. The van der Waals surface area contributed by atoms with Crippen LogP contribution in [-0.4, -0.2) is 23.0 Å². The summed E-state index contributed by atoms with van der Waals surface area (Å²) in [6.45, 7) is 5.44. The van der Waals surface area contributed by atoms with Crippen molar-refractivity contribution in [2.45, 2.75) is 26.3 Å². The molecule has 4 aromatic rings. The Kier molecular flexibility index (Phi) is 3.75. The number of pyridine rings is 1. The Bertz CT molecular complexity index is 1080. The number of aromatic nitrogens is 1. The van der Waals surface area contributed by atoms with Crippen LogP contribution in [0.4, 0.5) is 0 Å². The molecule has 0 saturated heterocycles. The number of benzene rings is 2. The van der Waals surface area contributed by atoms with E-state index in [0.717, 1.165) is 43.0 Å². The average Bonchev–Trinajstić information content (AvgIpc) is 3.21. The molecular weight excluding hydrogens is 320 g/mol. The third-order valence-electron chi connectivity index (χ3n) is 5.45. The highest BCUT2D eigenvalue weighted by atomic mass is 16.3. The van der Waals surface area contributed by atoms with E-state index >= 15 is 0 Å². The Morgan fingerprint density at radius 1 is 1.04 bits per heavy atom. The Balaban J connectivity index is 1.83. The molecule has 5 rings (SSSR count). The summed E-state index contributed by atoms with van der Waals surface area (Å²) in [6, 6.07) is 16.9. The summed E-state index contributed by atoms with van der Waals surface area (Å²) in [4.78, 5) is 7.59. The lowest BCUT2D eigenvalue weighted by molar-refractivity contribution is 0.255. The molecule has 0 atom stereocenters. The molecule has 0 radical (unpaired) electrons. The first-order valence-corrected chi connectivity index (χ1v) is 9.44. The van der Waals surface area contributed by atoms with E-state index in [-0.39, 0.29) is 0 Å². The number of hydrogen-bond donors (Lipinski definition) is 0. The monoisotopic (exact) mass is 342 g/mol. The summed E-state index contributed by atoms with van der Waals surface area (Å²) in [6.07, 6.45) is 3.98. The van der Waals surface area contributed by atoms with Gasteiger partial charge in [0.25, 0.3) is 0 Å². The molecule has 1 aliphatic rings. The molecule has 1 aliphatic heterocycles. The first kappa shape index (κ1) is 15.6. The van der Waals surface area contributed by atoms with E-state index < -0.39 is 0 Å². The zero-order chi connectivity index (χ0) is 17.5. The molecule has 26 heavy (non-hydrogen) atoms. The van der Waals surface area contributed by atoms with Gasteiger partial charge in [-0.05, 0) is 59.5 Å². The second kappa shape index (κ2) is 6.26. The second-order valence-electron chi connectivity index (χ2n) is 7.10. The highest BCUT2D eigenvalue weighted by Gasteiger charge is 2.24. The maximum Gasteiger partial charge on any atom is 0.152 e. The van der Waals surface area contributed by atoms with Gasteiger partial charge in [-0.25, -0.2) is 4.98 Å². The van der Waals surface area contributed by atoms with Gasteiger partial charge < -0.3 is 4.42 Å². The van der Waals surface area contributed by atoms with E-state index in [1.54, 1.807) is 6.26 Å². The van der Waals surface area contributed by atoms with Crippen molar-refractivity contribution in [3.8, 4) is 11.5 Å². The zero-order valence-electron chi connectivity index (χ0n) is 15.0. The quantitative estimate of drug-likeness (QED) is 0.466. The van der Waals surface area contributed by atoms with E-state index in [9.17, 15) is 0 Å². The first-order chi connectivity index (χ1) is 12.8. The molecule has 3 heteroatoms.